The van der Waals surface area contributed by atoms with Crippen molar-refractivity contribution in [2.75, 3.05) is 0 Å². The van der Waals surface area contributed by atoms with Crippen molar-refractivity contribution < 1.29 is 4.74 Å². The lowest BCUT2D eigenvalue weighted by Crippen LogP contribution is -2.22. The van der Waals surface area contributed by atoms with Gasteiger partial charge in [-0.1, -0.05) is 25.4 Å². The Hall–Kier alpha value is -1.52. The molecule has 20 heavy (non-hydrogen) atoms. The average molecular weight is 294 g/mol. The largest absolute Gasteiger partial charge is 0.487 e. The van der Waals surface area contributed by atoms with Crippen molar-refractivity contribution >= 4 is 11.6 Å². The van der Waals surface area contributed by atoms with E-state index in [9.17, 15) is 0 Å². The van der Waals surface area contributed by atoms with Crippen LogP contribution in [-0.4, -0.2) is 15.8 Å². The van der Waals surface area contributed by atoms with Crippen LogP contribution >= 0.6 is 11.6 Å². The Morgan fingerprint density at radius 1 is 1.35 bits per heavy atom. The van der Waals surface area contributed by atoms with Crippen LogP contribution in [0.1, 0.15) is 25.1 Å². The number of aryl methyl sites for hydroxylation is 1. The fourth-order valence-corrected chi connectivity index (χ4v) is 2.03. The zero-order valence-electron chi connectivity index (χ0n) is 12.1. The molecule has 1 aromatic heterocycles. The Bertz CT molecular complexity index is 566. The molecule has 5 heteroatoms. The second-order valence-corrected chi connectivity index (χ2v) is 5.49. The highest BCUT2D eigenvalue weighted by molar-refractivity contribution is 6.30. The van der Waals surface area contributed by atoms with Gasteiger partial charge in [0.15, 0.2) is 0 Å². The molecule has 1 aromatic carbocycles. The maximum atomic E-state index is 6.05. The van der Waals surface area contributed by atoms with Crippen molar-refractivity contribution in [2.45, 2.75) is 33.0 Å². The molecule has 2 rings (SSSR count). The Kier molecular flexibility index (Phi) is 5.04. The number of aromatic nitrogens is 2. The van der Waals surface area contributed by atoms with E-state index in [1.165, 1.54) is 0 Å². The van der Waals surface area contributed by atoms with Gasteiger partial charge in [-0.15, -0.1) is 0 Å². The summed E-state index contributed by atoms with van der Waals surface area (Å²) in [4.78, 5) is 0. The number of benzene rings is 1. The summed E-state index contributed by atoms with van der Waals surface area (Å²) in [5, 5.41) is 8.39. The molecule has 0 saturated heterocycles. The first kappa shape index (κ1) is 14.9. The predicted molar refractivity (Wildman–Crippen MR) is 81.0 cm³/mol. The molecule has 0 fully saturated rings. The first-order valence-electron chi connectivity index (χ1n) is 6.67. The third-order valence-corrected chi connectivity index (χ3v) is 3.10. The van der Waals surface area contributed by atoms with Crippen LogP contribution in [0.25, 0.3) is 0 Å². The van der Waals surface area contributed by atoms with Crippen molar-refractivity contribution in [2.24, 2.45) is 7.05 Å². The third-order valence-electron chi connectivity index (χ3n) is 2.87. The van der Waals surface area contributed by atoms with E-state index in [0.29, 0.717) is 12.6 Å². The monoisotopic (exact) mass is 293 g/mol. The summed E-state index contributed by atoms with van der Waals surface area (Å²) in [7, 11) is 1.89. The van der Waals surface area contributed by atoms with E-state index in [2.05, 4.69) is 24.3 Å². The number of ether oxygens (including phenoxy) is 1. The van der Waals surface area contributed by atoms with Crippen molar-refractivity contribution in [3.05, 3.63) is 46.7 Å². The minimum Gasteiger partial charge on any atom is -0.487 e. The SMILES string of the molecule is CC(C)NCc1cc(Cl)ccc1OCc1ccn(C)n1. The van der Waals surface area contributed by atoms with Gasteiger partial charge >= 0.3 is 0 Å². The predicted octanol–water partition coefficient (Wildman–Crippen LogP) is 3.15. The Morgan fingerprint density at radius 3 is 2.80 bits per heavy atom. The molecule has 0 spiro atoms. The maximum Gasteiger partial charge on any atom is 0.132 e. The summed E-state index contributed by atoms with van der Waals surface area (Å²) < 4.78 is 7.62. The molecule has 0 aliphatic rings. The Labute approximate surface area is 124 Å². The van der Waals surface area contributed by atoms with Crippen molar-refractivity contribution in [1.82, 2.24) is 15.1 Å². The molecule has 0 radical (unpaired) electrons. The number of rotatable bonds is 6. The second kappa shape index (κ2) is 6.77. The fraction of sp³-hybridized carbons (Fsp3) is 0.400. The Balaban J connectivity index is 2.05. The van der Waals surface area contributed by atoms with Gasteiger partial charge in [-0.05, 0) is 24.3 Å². The lowest BCUT2D eigenvalue weighted by Gasteiger charge is -2.13. The lowest BCUT2D eigenvalue weighted by molar-refractivity contribution is 0.296. The van der Waals surface area contributed by atoms with E-state index in [1.54, 1.807) is 4.68 Å². The van der Waals surface area contributed by atoms with Crippen molar-refractivity contribution in [1.29, 1.82) is 0 Å². The van der Waals surface area contributed by atoms with Crippen LogP contribution in [-0.2, 0) is 20.2 Å². The highest BCUT2D eigenvalue weighted by Gasteiger charge is 2.07. The van der Waals surface area contributed by atoms with Gasteiger partial charge in [0, 0.05) is 36.4 Å². The molecule has 4 nitrogen and oxygen atoms in total. The summed E-state index contributed by atoms with van der Waals surface area (Å²) in [6.45, 7) is 5.41. The van der Waals surface area contributed by atoms with Crippen LogP contribution in [0, 0.1) is 0 Å². The first-order valence-corrected chi connectivity index (χ1v) is 7.05. The van der Waals surface area contributed by atoms with Crippen LogP contribution in [0.15, 0.2) is 30.5 Å². The van der Waals surface area contributed by atoms with E-state index in [1.807, 2.05) is 37.5 Å². The van der Waals surface area contributed by atoms with E-state index in [-0.39, 0.29) is 0 Å². The summed E-state index contributed by atoms with van der Waals surface area (Å²) >= 11 is 6.05. The molecular weight excluding hydrogens is 274 g/mol. The summed E-state index contributed by atoms with van der Waals surface area (Å²) in [6, 6.07) is 8.04. The van der Waals surface area contributed by atoms with Gasteiger partial charge in [0.2, 0.25) is 0 Å². The Morgan fingerprint density at radius 2 is 2.15 bits per heavy atom. The molecular formula is C15H20ClN3O. The van der Waals surface area contributed by atoms with Gasteiger partial charge in [0.1, 0.15) is 12.4 Å². The van der Waals surface area contributed by atoms with Crippen LogP contribution in [0.3, 0.4) is 0 Å². The molecule has 1 N–H and O–H groups in total. The molecule has 108 valence electrons. The van der Waals surface area contributed by atoms with Gasteiger partial charge in [0.05, 0.1) is 5.69 Å². The third kappa shape index (κ3) is 4.25. The maximum absolute atomic E-state index is 6.05. The summed E-state index contributed by atoms with van der Waals surface area (Å²) in [6.07, 6.45) is 1.90. The van der Waals surface area contributed by atoms with E-state index >= 15 is 0 Å². The molecule has 0 aliphatic carbocycles. The summed E-state index contributed by atoms with van der Waals surface area (Å²) in [5.41, 5.74) is 1.97. The average Bonchev–Trinajstić information content (AvgIpc) is 2.81. The number of nitrogens with one attached hydrogen (secondary N) is 1. The zero-order valence-corrected chi connectivity index (χ0v) is 12.8. The molecule has 2 aromatic rings. The van der Waals surface area contributed by atoms with Crippen LogP contribution in [0.5, 0.6) is 5.75 Å². The second-order valence-electron chi connectivity index (χ2n) is 5.06. The van der Waals surface area contributed by atoms with Crippen LogP contribution in [0.4, 0.5) is 0 Å². The molecule has 0 bridgehead atoms. The molecule has 0 amide bonds. The molecule has 0 saturated carbocycles. The quantitative estimate of drug-likeness (QED) is 0.889. The van der Waals surface area contributed by atoms with Gasteiger partial charge in [-0.25, -0.2) is 0 Å². The van der Waals surface area contributed by atoms with Crippen molar-refractivity contribution in [3.63, 3.8) is 0 Å². The molecule has 1 heterocycles. The van der Waals surface area contributed by atoms with Gasteiger partial charge in [-0.2, -0.15) is 5.10 Å². The van der Waals surface area contributed by atoms with Gasteiger partial charge < -0.3 is 10.1 Å². The standard InChI is InChI=1S/C15H20ClN3O/c1-11(2)17-9-12-8-13(16)4-5-15(12)20-10-14-6-7-19(3)18-14/h4-8,11,17H,9-10H2,1-3H3. The molecule has 0 aliphatic heterocycles. The van der Waals surface area contributed by atoms with Crippen LogP contribution < -0.4 is 10.1 Å². The number of hydrogen-bond acceptors (Lipinski definition) is 3. The highest BCUT2D eigenvalue weighted by atomic mass is 35.5. The minimum absolute atomic E-state index is 0.414. The zero-order chi connectivity index (χ0) is 14.5. The summed E-state index contributed by atoms with van der Waals surface area (Å²) in [5.74, 6) is 0.841. The number of nitrogens with zero attached hydrogens (tertiary/aromatic N) is 2. The first-order chi connectivity index (χ1) is 9.54. The van der Waals surface area contributed by atoms with Gasteiger partial charge in [0.25, 0.3) is 0 Å². The van der Waals surface area contributed by atoms with E-state index in [4.69, 9.17) is 16.3 Å². The van der Waals surface area contributed by atoms with E-state index < -0.39 is 0 Å². The minimum atomic E-state index is 0.414. The highest BCUT2D eigenvalue weighted by Crippen LogP contribution is 2.23. The number of halogens is 1. The molecule has 0 atom stereocenters. The van der Waals surface area contributed by atoms with Gasteiger partial charge in [-0.3, -0.25) is 4.68 Å². The molecule has 0 unspecified atom stereocenters. The van der Waals surface area contributed by atoms with E-state index in [0.717, 1.165) is 28.6 Å². The smallest absolute Gasteiger partial charge is 0.132 e. The normalized spacial score (nSPS) is 11.1. The topological polar surface area (TPSA) is 39.1 Å². The fourth-order valence-electron chi connectivity index (χ4n) is 1.83. The van der Waals surface area contributed by atoms with Crippen LogP contribution in [0.2, 0.25) is 5.02 Å². The lowest BCUT2D eigenvalue weighted by atomic mass is 10.2. The number of hydrogen-bond donors (Lipinski definition) is 1. The van der Waals surface area contributed by atoms with Crippen molar-refractivity contribution in [3.8, 4) is 5.75 Å².